The molecule has 0 unspecified atom stereocenters. The summed E-state index contributed by atoms with van der Waals surface area (Å²) in [5.74, 6) is 5.34. The van der Waals surface area contributed by atoms with E-state index < -0.39 is 5.82 Å². The average Bonchev–Trinajstić information content (AvgIpc) is 3.17. The van der Waals surface area contributed by atoms with Crippen molar-refractivity contribution in [2.24, 2.45) is 0 Å². The van der Waals surface area contributed by atoms with Crippen LogP contribution in [0.1, 0.15) is 11.3 Å². The average molecular weight is 337 g/mol. The summed E-state index contributed by atoms with van der Waals surface area (Å²) in [6.45, 7) is 0. The molecule has 0 bridgehead atoms. The van der Waals surface area contributed by atoms with Gasteiger partial charge in [-0.25, -0.2) is 14.4 Å². The highest BCUT2D eigenvalue weighted by Gasteiger charge is 2.12. The molecule has 0 fully saturated rings. The first-order valence-electron chi connectivity index (χ1n) is 7.27. The maximum absolute atomic E-state index is 14.3. The number of nitrogens with zero attached hydrogens (tertiary/aromatic N) is 5. The van der Waals surface area contributed by atoms with Gasteiger partial charge in [-0.3, -0.25) is 5.10 Å². The Hall–Kier alpha value is -3.67. The number of oxazole rings is 1. The molecule has 0 aliphatic carbocycles. The van der Waals surface area contributed by atoms with Crippen LogP contribution >= 0.6 is 0 Å². The summed E-state index contributed by atoms with van der Waals surface area (Å²) in [6, 6.07) is 3.19. The van der Waals surface area contributed by atoms with Crippen molar-refractivity contribution >= 4 is 34.0 Å². The molecule has 0 saturated heterocycles. The van der Waals surface area contributed by atoms with Crippen LogP contribution in [-0.2, 0) is 0 Å². The van der Waals surface area contributed by atoms with Gasteiger partial charge in [0.1, 0.15) is 29.2 Å². The molecule has 3 heterocycles. The van der Waals surface area contributed by atoms with Gasteiger partial charge in [0, 0.05) is 20.2 Å². The molecular weight excluding hydrogens is 325 g/mol. The third kappa shape index (κ3) is 2.49. The van der Waals surface area contributed by atoms with Gasteiger partial charge in [0.2, 0.25) is 0 Å². The number of H-pyrrole nitrogens is 1. The normalized spacial score (nSPS) is 10.8. The number of aromatic nitrogens is 5. The van der Waals surface area contributed by atoms with Crippen LogP contribution in [0.3, 0.4) is 0 Å². The maximum Gasteiger partial charge on any atom is 0.297 e. The first-order valence-corrected chi connectivity index (χ1v) is 7.27. The molecule has 3 aromatic heterocycles. The SMILES string of the molecule is CN(C)c1nc2cc(C#Cc3[nH]nc4ncnc(N)c34)c(F)cc2o1. The second kappa shape index (κ2) is 5.45. The van der Waals surface area contributed by atoms with Crippen molar-refractivity contribution in [1.29, 1.82) is 0 Å². The maximum atomic E-state index is 14.3. The summed E-state index contributed by atoms with van der Waals surface area (Å²) < 4.78 is 19.7. The van der Waals surface area contributed by atoms with Crippen molar-refractivity contribution in [2.45, 2.75) is 0 Å². The molecule has 124 valence electrons. The minimum atomic E-state index is -0.505. The van der Waals surface area contributed by atoms with Crippen LogP contribution < -0.4 is 10.6 Å². The minimum Gasteiger partial charge on any atom is -0.423 e. The zero-order chi connectivity index (χ0) is 17.6. The first-order chi connectivity index (χ1) is 12.0. The van der Waals surface area contributed by atoms with Crippen molar-refractivity contribution in [3.05, 3.63) is 35.5 Å². The predicted octanol–water partition coefficient (Wildman–Crippen LogP) is 1.68. The molecule has 0 atom stereocenters. The van der Waals surface area contributed by atoms with E-state index in [4.69, 9.17) is 10.2 Å². The molecule has 4 rings (SSSR count). The summed E-state index contributed by atoms with van der Waals surface area (Å²) in [7, 11) is 3.58. The predicted molar refractivity (Wildman–Crippen MR) is 90.4 cm³/mol. The third-order valence-corrected chi connectivity index (χ3v) is 3.55. The van der Waals surface area contributed by atoms with E-state index in [1.54, 1.807) is 19.0 Å². The highest BCUT2D eigenvalue weighted by Crippen LogP contribution is 2.24. The quantitative estimate of drug-likeness (QED) is 0.508. The van der Waals surface area contributed by atoms with Gasteiger partial charge in [0.25, 0.3) is 6.01 Å². The largest absolute Gasteiger partial charge is 0.423 e. The number of nitrogen functional groups attached to an aromatic ring is 1. The van der Waals surface area contributed by atoms with Crippen LogP contribution in [0, 0.1) is 17.7 Å². The van der Waals surface area contributed by atoms with E-state index in [1.165, 1.54) is 18.5 Å². The number of aromatic amines is 1. The van der Waals surface area contributed by atoms with Crippen molar-refractivity contribution < 1.29 is 8.81 Å². The Morgan fingerprint density at radius 1 is 1.24 bits per heavy atom. The van der Waals surface area contributed by atoms with E-state index in [9.17, 15) is 4.39 Å². The number of rotatable bonds is 1. The molecular formula is C16H12FN7O. The molecule has 8 nitrogen and oxygen atoms in total. The number of fused-ring (bicyclic) bond motifs is 2. The fourth-order valence-electron chi connectivity index (χ4n) is 2.32. The molecule has 0 spiro atoms. The summed E-state index contributed by atoms with van der Waals surface area (Å²) in [5.41, 5.74) is 7.71. The number of nitrogens with one attached hydrogen (secondary N) is 1. The molecule has 0 amide bonds. The lowest BCUT2D eigenvalue weighted by Crippen LogP contribution is -2.08. The molecule has 0 aliphatic heterocycles. The smallest absolute Gasteiger partial charge is 0.297 e. The summed E-state index contributed by atoms with van der Waals surface area (Å²) in [4.78, 5) is 13.9. The third-order valence-electron chi connectivity index (χ3n) is 3.55. The van der Waals surface area contributed by atoms with Crippen LogP contribution in [0.5, 0.6) is 0 Å². The van der Waals surface area contributed by atoms with Gasteiger partial charge in [-0.1, -0.05) is 5.92 Å². The molecule has 0 radical (unpaired) electrons. The van der Waals surface area contributed by atoms with Gasteiger partial charge >= 0.3 is 0 Å². The molecule has 0 aliphatic rings. The van der Waals surface area contributed by atoms with Gasteiger partial charge in [0.15, 0.2) is 11.2 Å². The van der Waals surface area contributed by atoms with Gasteiger partial charge in [-0.05, 0) is 12.0 Å². The van der Waals surface area contributed by atoms with Crippen LogP contribution in [0.25, 0.3) is 22.1 Å². The van der Waals surface area contributed by atoms with Gasteiger partial charge in [-0.2, -0.15) is 10.1 Å². The Morgan fingerprint density at radius 2 is 2.08 bits per heavy atom. The first kappa shape index (κ1) is 14.9. The number of halogens is 1. The second-order valence-corrected chi connectivity index (χ2v) is 5.50. The van der Waals surface area contributed by atoms with Gasteiger partial charge in [-0.15, -0.1) is 0 Å². The zero-order valence-corrected chi connectivity index (χ0v) is 13.3. The number of nitrogens with two attached hydrogens (primary N) is 1. The molecule has 4 aromatic rings. The van der Waals surface area contributed by atoms with E-state index in [2.05, 4.69) is 37.0 Å². The molecule has 25 heavy (non-hydrogen) atoms. The lowest BCUT2D eigenvalue weighted by molar-refractivity contribution is 0.586. The van der Waals surface area contributed by atoms with E-state index in [1.807, 2.05) is 0 Å². The number of hydrogen-bond acceptors (Lipinski definition) is 7. The van der Waals surface area contributed by atoms with Crippen molar-refractivity contribution in [2.75, 3.05) is 24.7 Å². The van der Waals surface area contributed by atoms with Crippen LogP contribution in [0.4, 0.5) is 16.2 Å². The highest BCUT2D eigenvalue weighted by molar-refractivity contribution is 5.90. The molecule has 0 saturated carbocycles. The summed E-state index contributed by atoms with van der Waals surface area (Å²) in [5, 5.41) is 7.24. The molecule has 9 heteroatoms. The lowest BCUT2D eigenvalue weighted by Gasteiger charge is -2.03. The van der Waals surface area contributed by atoms with E-state index in [-0.39, 0.29) is 11.4 Å². The fourth-order valence-corrected chi connectivity index (χ4v) is 2.32. The Balaban J connectivity index is 1.80. The van der Waals surface area contributed by atoms with Gasteiger partial charge in [0.05, 0.1) is 10.9 Å². The van der Waals surface area contributed by atoms with E-state index >= 15 is 0 Å². The molecule has 3 N–H and O–H groups in total. The summed E-state index contributed by atoms with van der Waals surface area (Å²) >= 11 is 0. The molecule has 1 aromatic carbocycles. The standard InChI is InChI=1S/C16H12FN7O/c1-24(2)16-21-11-5-8(9(17)6-12(11)25-16)3-4-10-13-14(18)19-7-20-15(13)23-22-10/h5-7H,1-2H3,(H3,18,19,20,22,23). The topological polar surface area (TPSA) is 110 Å². The number of anilines is 2. The fraction of sp³-hybridized carbons (Fsp3) is 0.125. The van der Waals surface area contributed by atoms with Crippen molar-refractivity contribution in [3.8, 4) is 11.8 Å². The Kier molecular flexibility index (Phi) is 3.25. The van der Waals surface area contributed by atoms with Crippen LogP contribution in [0.15, 0.2) is 22.9 Å². The van der Waals surface area contributed by atoms with Gasteiger partial charge < -0.3 is 15.1 Å². The monoisotopic (exact) mass is 337 g/mol. The van der Waals surface area contributed by atoms with E-state index in [0.717, 1.165) is 0 Å². The Morgan fingerprint density at radius 3 is 2.88 bits per heavy atom. The highest BCUT2D eigenvalue weighted by atomic mass is 19.1. The van der Waals surface area contributed by atoms with E-state index in [0.29, 0.717) is 33.8 Å². The number of benzene rings is 1. The van der Waals surface area contributed by atoms with Crippen molar-refractivity contribution in [1.82, 2.24) is 25.1 Å². The van der Waals surface area contributed by atoms with Crippen LogP contribution in [-0.4, -0.2) is 39.2 Å². The van der Waals surface area contributed by atoms with Crippen LogP contribution in [0.2, 0.25) is 0 Å². The number of hydrogen-bond donors (Lipinski definition) is 2. The lowest BCUT2D eigenvalue weighted by atomic mass is 10.2. The van der Waals surface area contributed by atoms with Crippen molar-refractivity contribution in [3.63, 3.8) is 0 Å². The Bertz CT molecular complexity index is 1170. The summed E-state index contributed by atoms with van der Waals surface area (Å²) in [6.07, 6.45) is 1.32. The Labute approximate surface area is 140 Å². The zero-order valence-electron chi connectivity index (χ0n) is 13.3. The second-order valence-electron chi connectivity index (χ2n) is 5.50. The minimum absolute atomic E-state index is 0.185.